The number of likely N-dealkylation sites (tertiary alicyclic amines) is 1. The van der Waals surface area contributed by atoms with Gasteiger partial charge in [-0.25, -0.2) is 0 Å². The number of carbonyl (C=O) groups excluding carboxylic acids is 1. The van der Waals surface area contributed by atoms with Gasteiger partial charge in [0.1, 0.15) is 19.3 Å². The molecule has 0 aromatic rings. The van der Waals surface area contributed by atoms with E-state index in [2.05, 4.69) is 28.9 Å². The Labute approximate surface area is 186 Å². The van der Waals surface area contributed by atoms with Gasteiger partial charge in [0, 0.05) is 13.0 Å². The molecule has 2 rings (SSSR count). The maximum atomic E-state index is 12.6. The summed E-state index contributed by atoms with van der Waals surface area (Å²) in [6, 6.07) is -0.987. The van der Waals surface area contributed by atoms with E-state index in [0.717, 1.165) is 50.8 Å². The first-order valence-electron chi connectivity index (χ1n) is 11.7. The molecular weight excluding hydrogens is 394 g/mol. The maximum absolute atomic E-state index is 12.6. The van der Waals surface area contributed by atoms with Crippen molar-refractivity contribution < 1.29 is 14.3 Å². The number of amides is 1. The fraction of sp³-hybridized carbons (Fsp3) is 0.708. The SMILES string of the molecule is C=C1OCCO/C1=C/C=C(\C)C(N=O)[C@@H](CN1CCCC1)NC(=O)CCCCCCC. The topological polar surface area (TPSA) is 80.2 Å². The number of nitrogens with zero attached hydrogens (tertiary/aromatic N) is 2. The van der Waals surface area contributed by atoms with Gasteiger partial charge in [0.2, 0.25) is 5.91 Å². The first kappa shape index (κ1) is 25.1. The van der Waals surface area contributed by atoms with Crippen LogP contribution in [0.4, 0.5) is 0 Å². The number of hydrogen-bond donors (Lipinski definition) is 1. The molecule has 2 fully saturated rings. The Morgan fingerprint density at radius 3 is 2.58 bits per heavy atom. The van der Waals surface area contributed by atoms with E-state index in [1.54, 1.807) is 6.08 Å². The Balaban J connectivity index is 2.03. The predicted octanol–water partition coefficient (Wildman–Crippen LogP) is 4.45. The van der Waals surface area contributed by atoms with Crippen LogP contribution in [0.1, 0.15) is 65.2 Å². The largest absolute Gasteiger partial charge is 0.487 e. The van der Waals surface area contributed by atoms with E-state index in [1.807, 2.05) is 13.0 Å². The van der Waals surface area contributed by atoms with Gasteiger partial charge in [-0.15, -0.1) is 0 Å². The lowest BCUT2D eigenvalue weighted by Gasteiger charge is -2.28. The molecule has 0 aliphatic carbocycles. The van der Waals surface area contributed by atoms with E-state index < -0.39 is 6.04 Å². The minimum atomic E-state index is -0.640. The van der Waals surface area contributed by atoms with E-state index in [1.165, 1.54) is 12.8 Å². The van der Waals surface area contributed by atoms with Crippen LogP contribution in [0.5, 0.6) is 0 Å². The average molecular weight is 434 g/mol. The van der Waals surface area contributed by atoms with Crippen LogP contribution in [-0.4, -0.2) is 55.7 Å². The molecule has 0 spiro atoms. The molecule has 2 atom stereocenters. The quantitative estimate of drug-likeness (QED) is 0.343. The van der Waals surface area contributed by atoms with E-state index >= 15 is 0 Å². The van der Waals surface area contributed by atoms with Crippen molar-refractivity contribution in [1.82, 2.24) is 10.2 Å². The van der Waals surface area contributed by atoms with Crippen LogP contribution in [0.25, 0.3) is 0 Å². The van der Waals surface area contributed by atoms with E-state index in [-0.39, 0.29) is 11.9 Å². The molecule has 2 aliphatic heterocycles. The summed E-state index contributed by atoms with van der Waals surface area (Å²) >= 11 is 0. The number of allylic oxidation sites excluding steroid dienone is 2. The van der Waals surface area contributed by atoms with Crippen molar-refractivity contribution in [2.45, 2.75) is 77.3 Å². The van der Waals surface area contributed by atoms with Crippen LogP contribution in [0, 0.1) is 4.91 Å². The molecular formula is C24H39N3O4. The second-order valence-corrected chi connectivity index (χ2v) is 8.46. The Hall–Kier alpha value is -2.15. The summed E-state index contributed by atoms with van der Waals surface area (Å²) in [5.74, 6) is 1.04. The van der Waals surface area contributed by atoms with E-state index in [4.69, 9.17) is 9.47 Å². The van der Waals surface area contributed by atoms with Gasteiger partial charge in [0.25, 0.3) is 0 Å². The van der Waals surface area contributed by atoms with Gasteiger partial charge in [-0.05, 0) is 50.9 Å². The van der Waals surface area contributed by atoms with Gasteiger partial charge in [-0.1, -0.05) is 50.4 Å². The average Bonchev–Trinajstić information content (AvgIpc) is 3.26. The van der Waals surface area contributed by atoms with Gasteiger partial charge in [-0.2, -0.15) is 4.91 Å². The van der Waals surface area contributed by atoms with Gasteiger partial charge in [0.15, 0.2) is 11.5 Å². The number of hydrogen-bond acceptors (Lipinski definition) is 6. The van der Waals surface area contributed by atoms with Crippen LogP contribution in [0.2, 0.25) is 0 Å². The van der Waals surface area contributed by atoms with Crippen LogP contribution in [-0.2, 0) is 14.3 Å². The first-order chi connectivity index (χ1) is 15.0. The number of nitroso groups, excluding NO2 is 1. The number of rotatable bonds is 13. The van der Waals surface area contributed by atoms with Crippen LogP contribution < -0.4 is 5.32 Å². The molecule has 1 N–H and O–H groups in total. The van der Waals surface area contributed by atoms with Gasteiger partial charge in [0.05, 0.1) is 6.04 Å². The van der Waals surface area contributed by atoms with Gasteiger partial charge in [-0.3, -0.25) is 4.79 Å². The highest BCUT2D eigenvalue weighted by molar-refractivity contribution is 5.76. The number of ether oxygens (including phenoxy) is 2. The lowest BCUT2D eigenvalue weighted by atomic mass is 9.99. The molecule has 0 saturated carbocycles. The minimum Gasteiger partial charge on any atom is -0.487 e. The van der Waals surface area contributed by atoms with Crippen LogP contribution in [0.3, 0.4) is 0 Å². The molecule has 0 bridgehead atoms. The summed E-state index contributed by atoms with van der Waals surface area (Å²) in [4.78, 5) is 26.7. The van der Waals surface area contributed by atoms with Crippen molar-refractivity contribution in [1.29, 1.82) is 0 Å². The minimum absolute atomic E-state index is 0.00195. The monoisotopic (exact) mass is 433 g/mol. The highest BCUT2D eigenvalue weighted by atomic mass is 16.6. The number of unbranched alkanes of at least 4 members (excludes halogenated alkanes) is 4. The second kappa shape index (κ2) is 14.0. The lowest BCUT2D eigenvalue weighted by molar-refractivity contribution is -0.122. The summed E-state index contributed by atoms with van der Waals surface area (Å²) in [7, 11) is 0. The van der Waals surface area contributed by atoms with Crippen molar-refractivity contribution in [3.63, 3.8) is 0 Å². The molecule has 7 heteroatoms. The molecule has 0 aromatic heterocycles. The van der Waals surface area contributed by atoms with Crippen molar-refractivity contribution >= 4 is 5.91 Å². The molecule has 1 amide bonds. The van der Waals surface area contributed by atoms with Crippen LogP contribution in [0.15, 0.2) is 41.0 Å². The summed E-state index contributed by atoms with van der Waals surface area (Å²) < 4.78 is 11.0. The van der Waals surface area contributed by atoms with Crippen molar-refractivity contribution in [2.24, 2.45) is 5.18 Å². The molecule has 2 heterocycles. The zero-order valence-electron chi connectivity index (χ0n) is 19.2. The molecule has 2 saturated heterocycles. The number of carbonyl (C=O) groups is 1. The zero-order chi connectivity index (χ0) is 22.5. The van der Waals surface area contributed by atoms with Crippen molar-refractivity contribution in [3.05, 3.63) is 40.7 Å². The Morgan fingerprint density at radius 2 is 1.90 bits per heavy atom. The predicted molar refractivity (Wildman–Crippen MR) is 123 cm³/mol. The molecule has 1 unspecified atom stereocenters. The Morgan fingerprint density at radius 1 is 1.19 bits per heavy atom. The summed E-state index contributed by atoms with van der Waals surface area (Å²) in [6.45, 7) is 11.5. The summed E-state index contributed by atoms with van der Waals surface area (Å²) in [5, 5.41) is 6.51. The number of nitrogens with one attached hydrogen (secondary N) is 1. The third-order valence-electron chi connectivity index (χ3n) is 5.86. The molecule has 0 aromatic carbocycles. The molecule has 31 heavy (non-hydrogen) atoms. The van der Waals surface area contributed by atoms with E-state index in [9.17, 15) is 9.70 Å². The van der Waals surface area contributed by atoms with Gasteiger partial charge >= 0.3 is 0 Å². The highest BCUT2D eigenvalue weighted by Crippen LogP contribution is 2.19. The first-order valence-corrected chi connectivity index (χ1v) is 11.7. The fourth-order valence-electron chi connectivity index (χ4n) is 4.02. The molecule has 174 valence electrons. The smallest absolute Gasteiger partial charge is 0.220 e. The standard InChI is InChI=1S/C24H39N3O4/c1-4-5-6-7-8-11-23(28)25-21(18-27-14-9-10-15-27)24(26-29)19(2)12-13-22-20(3)30-16-17-31-22/h12-13,21,24H,3-11,14-18H2,1-2H3,(H,25,28)/b19-12+,22-13+/t21-,24?/m1/s1. The molecule has 0 radical (unpaired) electrons. The van der Waals surface area contributed by atoms with E-state index in [0.29, 0.717) is 37.7 Å². The normalized spacial score (nSPS) is 20.8. The Bertz CT molecular complexity index is 653. The third kappa shape index (κ3) is 8.85. The lowest BCUT2D eigenvalue weighted by Crippen LogP contribution is -2.49. The Kier molecular flexibility index (Phi) is 11.4. The maximum Gasteiger partial charge on any atom is 0.220 e. The van der Waals surface area contributed by atoms with Gasteiger partial charge < -0.3 is 19.7 Å². The summed E-state index contributed by atoms with van der Waals surface area (Å²) in [6.07, 6.45) is 11.9. The highest BCUT2D eigenvalue weighted by Gasteiger charge is 2.28. The molecule has 7 nitrogen and oxygen atoms in total. The van der Waals surface area contributed by atoms with Crippen molar-refractivity contribution in [3.8, 4) is 0 Å². The zero-order valence-corrected chi connectivity index (χ0v) is 19.2. The summed E-state index contributed by atoms with van der Waals surface area (Å²) in [5.41, 5.74) is 0.775. The third-order valence-corrected chi connectivity index (χ3v) is 5.86. The van der Waals surface area contributed by atoms with Crippen molar-refractivity contribution in [2.75, 3.05) is 32.8 Å². The molecule has 2 aliphatic rings. The van der Waals surface area contributed by atoms with Crippen LogP contribution >= 0.6 is 0 Å². The second-order valence-electron chi connectivity index (χ2n) is 8.46. The fourth-order valence-corrected chi connectivity index (χ4v) is 4.02.